The van der Waals surface area contributed by atoms with E-state index in [1.807, 2.05) is 0 Å². The van der Waals surface area contributed by atoms with Gasteiger partial charge in [-0.25, -0.2) is 9.66 Å². The molecule has 8 nitrogen and oxygen atoms in total. The molecule has 0 saturated carbocycles. The number of nitrogens with zero attached hydrogens (tertiary/aromatic N) is 3. The first-order chi connectivity index (χ1) is 13.1. The average molecular weight is 366 g/mol. The maximum Gasteiger partial charge on any atom is 0.280 e. The van der Waals surface area contributed by atoms with Crippen molar-refractivity contribution in [3.63, 3.8) is 0 Å². The summed E-state index contributed by atoms with van der Waals surface area (Å²) in [5, 5.41) is 4.16. The van der Waals surface area contributed by atoms with Crippen LogP contribution in [-0.2, 0) is 9.63 Å². The summed E-state index contributed by atoms with van der Waals surface area (Å²) in [6.07, 6.45) is 1.47. The zero-order valence-corrected chi connectivity index (χ0v) is 14.9. The zero-order valence-electron chi connectivity index (χ0n) is 14.9. The SMILES string of the molecule is COc1ccc(/C=N\OCC(=O)Nn2c(C)nc3ccccc3c2=O)cc1. The summed E-state index contributed by atoms with van der Waals surface area (Å²) in [7, 11) is 1.59. The second-order valence-electron chi connectivity index (χ2n) is 5.63. The van der Waals surface area contributed by atoms with Gasteiger partial charge in [-0.1, -0.05) is 17.3 Å². The first-order valence-electron chi connectivity index (χ1n) is 8.16. The summed E-state index contributed by atoms with van der Waals surface area (Å²) in [4.78, 5) is 33.8. The first-order valence-corrected chi connectivity index (χ1v) is 8.16. The summed E-state index contributed by atoms with van der Waals surface area (Å²) in [6.45, 7) is 1.29. The van der Waals surface area contributed by atoms with Crippen molar-refractivity contribution in [1.29, 1.82) is 0 Å². The third kappa shape index (κ3) is 4.30. The van der Waals surface area contributed by atoms with E-state index in [0.29, 0.717) is 16.7 Å². The number of hydrogen-bond donors (Lipinski definition) is 1. The van der Waals surface area contributed by atoms with Crippen LogP contribution in [-0.4, -0.2) is 35.5 Å². The summed E-state index contributed by atoms with van der Waals surface area (Å²) >= 11 is 0. The predicted octanol–water partition coefficient (Wildman–Crippen LogP) is 1.83. The van der Waals surface area contributed by atoms with Gasteiger partial charge in [0.1, 0.15) is 11.6 Å². The van der Waals surface area contributed by atoms with Gasteiger partial charge < -0.3 is 9.57 Å². The van der Waals surface area contributed by atoms with Crippen molar-refractivity contribution in [2.24, 2.45) is 5.16 Å². The number of carbonyl (C=O) groups excluding carboxylic acids is 1. The average Bonchev–Trinajstić information content (AvgIpc) is 2.69. The van der Waals surface area contributed by atoms with Crippen molar-refractivity contribution < 1.29 is 14.4 Å². The largest absolute Gasteiger partial charge is 0.497 e. The van der Waals surface area contributed by atoms with Crippen LogP contribution in [0, 0.1) is 6.92 Å². The molecule has 0 fully saturated rings. The van der Waals surface area contributed by atoms with Crippen LogP contribution in [0.1, 0.15) is 11.4 Å². The fourth-order valence-corrected chi connectivity index (χ4v) is 2.42. The highest BCUT2D eigenvalue weighted by molar-refractivity contribution is 5.86. The number of ether oxygens (including phenoxy) is 1. The van der Waals surface area contributed by atoms with E-state index in [4.69, 9.17) is 9.57 Å². The standard InChI is InChI=1S/C19H18N4O4/c1-13-21-17-6-4-3-5-16(17)19(25)23(13)22-18(24)12-27-20-11-14-7-9-15(26-2)10-8-14/h3-11H,12H2,1-2H3,(H,22,24)/b20-11-. The Morgan fingerprint density at radius 2 is 1.96 bits per heavy atom. The topological polar surface area (TPSA) is 94.8 Å². The van der Waals surface area contributed by atoms with Crippen molar-refractivity contribution >= 4 is 23.0 Å². The van der Waals surface area contributed by atoms with Crippen LogP contribution >= 0.6 is 0 Å². The van der Waals surface area contributed by atoms with E-state index in [-0.39, 0.29) is 12.2 Å². The predicted molar refractivity (Wildman–Crippen MR) is 102 cm³/mol. The Morgan fingerprint density at radius 1 is 1.22 bits per heavy atom. The lowest BCUT2D eigenvalue weighted by Crippen LogP contribution is -2.37. The van der Waals surface area contributed by atoms with Crippen molar-refractivity contribution in [3.05, 3.63) is 70.3 Å². The molecule has 138 valence electrons. The second-order valence-corrected chi connectivity index (χ2v) is 5.63. The highest BCUT2D eigenvalue weighted by Gasteiger charge is 2.10. The summed E-state index contributed by atoms with van der Waals surface area (Å²) in [5.41, 5.74) is 3.49. The van der Waals surface area contributed by atoms with Crippen molar-refractivity contribution in [2.45, 2.75) is 6.92 Å². The molecule has 0 unspecified atom stereocenters. The molecule has 1 aromatic heterocycles. The Hall–Kier alpha value is -3.68. The number of aromatic nitrogens is 2. The number of rotatable bonds is 6. The number of aryl methyl sites for hydroxylation is 1. The molecule has 0 aliphatic heterocycles. The van der Waals surface area contributed by atoms with Crippen molar-refractivity contribution in [3.8, 4) is 5.75 Å². The van der Waals surface area contributed by atoms with Crippen LogP contribution in [0.3, 0.4) is 0 Å². The third-order valence-electron chi connectivity index (χ3n) is 3.77. The number of para-hydroxylation sites is 1. The van der Waals surface area contributed by atoms with Crippen LogP contribution in [0.5, 0.6) is 5.75 Å². The molecule has 3 aromatic rings. The maximum atomic E-state index is 12.5. The summed E-state index contributed by atoms with van der Waals surface area (Å²) < 4.78 is 6.17. The number of hydrogen-bond acceptors (Lipinski definition) is 6. The number of benzene rings is 2. The Morgan fingerprint density at radius 3 is 2.70 bits per heavy atom. The van der Waals surface area contributed by atoms with Crippen LogP contribution in [0.15, 0.2) is 58.5 Å². The molecule has 0 saturated heterocycles. The van der Waals surface area contributed by atoms with Crippen molar-refractivity contribution in [1.82, 2.24) is 9.66 Å². The van der Waals surface area contributed by atoms with Gasteiger partial charge in [-0.3, -0.25) is 15.0 Å². The summed E-state index contributed by atoms with van der Waals surface area (Å²) in [5.74, 6) is 0.579. The van der Waals surface area contributed by atoms with E-state index in [9.17, 15) is 9.59 Å². The quantitative estimate of drug-likeness (QED) is 0.531. The molecule has 27 heavy (non-hydrogen) atoms. The normalized spacial score (nSPS) is 10.9. The summed E-state index contributed by atoms with van der Waals surface area (Å²) in [6, 6.07) is 14.1. The number of fused-ring (bicyclic) bond motifs is 1. The Balaban J connectivity index is 1.61. The van der Waals surface area contributed by atoms with E-state index in [0.717, 1.165) is 16.0 Å². The fraction of sp³-hybridized carbons (Fsp3) is 0.158. The molecule has 3 rings (SSSR count). The zero-order chi connectivity index (χ0) is 19.2. The number of methoxy groups -OCH3 is 1. The van der Waals surface area contributed by atoms with E-state index in [1.165, 1.54) is 6.21 Å². The molecule has 0 aliphatic carbocycles. The van der Waals surface area contributed by atoms with Crippen LogP contribution in [0.25, 0.3) is 10.9 Å². The minimum Gasteiger partial charge on any atom is -0.497 e. The number of carbonyl (C=O) groups is 1. The number of amides is 1. The van der Waals surface area contributed by atoms with Gasteiger partial charge in [0.2, 0.25) is 0 Å². The van der Waals surface area contributed by atoms with E-state index in [2.05, 4.69) is 15.6 Å². The maximum absolute atomic E-state index is 12.5. The Labute approximate surface area is 155 Å². The minimum absolute atomic E-state index is 0.342. The lowest BCUT2D eigenvalue weighted by molar-refractivity contribution is -0.121. The van der Waals surface area contributed by atoms with E-state index < -0.39 is 5.91 Å². The molecule has 0 atom stereocenters. The molecule has 0 radical (unpaired) electrons. The molecule has 0 spiro atoms. The van der Waals surface area contributed by atoms with Crippen molar-refractivity contribution in [2.75, 3.05) is 19.1 Å². The molecule has 8 heteroatoms. The highest BCUT2D eigenvalue weighted by atomic mass is 16.6. The number of nitrogens with one attached hydrogen (secondary N) is 1. The molecule has 0 aliphatic rings. The minimum atomic E-state index is -0.524. The van der Waals surface area contributed by atoms with Gasteiger partial charge in [0.05, 0.1) is 24.2 Å². The second kappa shape index (κ2) is 8.13. The Kier molecular flexibility index (Phi) is 5.46. The van der Waals surface area contributed by atoms with Gasteiger partial charge in [0.15, 0.2) is 6.61 Å². The van der Waals surface area contributed by atoms with Crippen LogP contribution < -0.4 is 15.7 Å². The highest BCUT2D eigenvalue weighted by Crippen LogP contribution is 2.09. The molecular formula is C19H18N4O4. The number of oxime groups is 1. The van der Waals surface area contributed by atoms with Crippen LogP contribution in [0.4, 0.5) is 0 Å². The Bertz CT molecular complexity index is 1040. The third-order valence-corrected chi connectivity index (χ3v) is 3.77. The molecule has 0 bridgehead atoms. The molecule has 1 N–H and O–H groups in total. The van der Waals surface area contributed by atoms with Gasteiger partial charge in [-0.2, -0.15) is 0 Å². The lowest BCUT2D eigenvalue weighted by atomic mass is 10.2. The lowest BCUT2D eigenvalue weighted by Gasteiger charge is -2.11. The fourth-order valence-electron chi connectivity index (χ4n) is 2.42. The molecular weight excluding hydrogens is 348 g/mol. The van der Waals surface area contributed by atoms with E-state index in [1.54, 1.807) is 62.6 Å². The van der Waals surface area contributed by atoms with Gasteiger partial charge in [-0.15, -0.1) is 0 Å². The monoisotopic (exact) mass is 366 g/mol. The first kappa shape index (κ1) is 18.1. The smallest absolute Gasteiger partial charge is 0.280 e. The molecule has 1 heterocycles. The van der Waals surface area contributed by atoms with E-state index >= 15 is 0 Å². The molecule has 1 amide bonds. The van der Waals surface area contributed by atoms with Gasteiger partial charge in [0, 0.05) is 0 Å². The molecule has 2 aromatic carbocycles. The van der Waals surface area contributed by atoms with Gasteiger partial charge in [0.25, 0.3) is 11.5 Å². The van der Waals surface area contributed by atoms with Gasteiger partial charge >= 0.3 is 0 Å². The van der Waals surface area contributed by atoms with Gasteiger partial charge in [-0.05, 0) is 48.9 Å². The van der Waals surface area contributed by atoms with Crippen LogP contribution in [0.2, 0.25) is 0 Å².